The van der Waals surface area contributed by atoms with Gasteiger partial charge in [-0.05, 0) is 52.0 Å². The molecule has 0 radical (unpaired) electrons. The van der Waals surface area contributed by atoms with Gasteiger partial charge in [0.15, 0.2) is 0 Å². The second kappa shape index (κ2) is 4.25. The van der Waals surface area contributed by atoms with Crippen molar-refractivity contribution >= 4 is 5.97 Å². The summed E-state index contributed by atoms with van der Waals surface area (Å²) in [5, 5.41) is 6.71. The van der Waals surface area contributed by atoms with E-state index in [4.69, 9.17) is 4.74 Å². The number of hydrogen-bond acceptors (Lipinski definition) is 4. The zero-order valence-electron chi connectivity index (χ0n) is 11.3. The minimum atomic E-state index is -0.400. The molecule has 4 nitrogen and oxygen atoms in total. The maximum absolute atomic E-state index is 11.8. The molecule has 4 heteroatoms. The fraction of sp³-hybridized carbons (Fsp3) is 0.923. The number of nitrogens with one attached hydrogen (secondary N) is 2. The molecule has 2 rings (SSSR count). The number of piperidine rings is 1. The van der Waals surface area contributed by atoms with Gasteiger partial charge < -0.3 is 15.4 Å². The molecule has 1 saturated carbocycles. The van der Waals surface area contributed by atoms with Crippen LogP contribution < -0.4 is 10.6 Å². The van der Waals surface area contributed by atoms with Gasteiger partial charge in [-0.2, -0.15) is 0 Å². The van der Waals surface area contributed by atoms with Crippen LogP contribution in [0.2, 0.25) is 0 Å². The van der Waals surface area contributed by atoms with Gasteiger partial charge in [-0.1, -0.05) is 0 Å². The Morgan fingerprint density at radius 2 is 2.29 bits per heavy atom. The average molecular weight is 240 g/mol. The number of rotatable bonds is 4. The van der Waals surface area contributed by atoms with Gasteiger partial charge in [0.1, 0.15) is 11.6 Å². The Bertz CT molecular complexity index is 311. The SMILES string of the molecule is CC(NCC12CNCC1C2)C(=O)OC(C)(C)C. The Hall–Kier alpha value is -0.610. The van der Waals surface area contributed by atoms with Crippen molar-refractivity contribution in [2.75, 3.05) is 19.6 Å². The lowest BCUT2D eigenvalue weighted by molar-refractivity contribution is -0.157. The van der Waals surface area contributed by atoms with Crippen molar-refractivity contribution in [3.63, 3.8) is 0 Å². The Kier molecular flexibility index (Phi) is 3.21. The van der Waals surface area contributed by atoms with Crippen LogP contribution in [-0.4, -0.2) is 37.2 Å². The van der Waals surface area contributed by atoms with E-state index in [1.165, 1.54) is 6.42 Å². The van der Waals surface area contributed by atoms with Gasteiger partial charge in [-0.25, -0.2) is 0 Å². The van der Waals surface area contributed by atoms with Gasteiger partial charge in [0.2, 0.25) is 0 Å². The summed E-state index contributed by atoms with van der Waals surface area (Å²) < 4.78 is 5.34. The van der Waals surface area contributed by atoms with Gasteiger partial charge in [-0.15, -0.1) is 0 Å². The number of carbonyl (C=O) groups excluding carboxylic acids is 1. The first-order valence-electron chi connectivity index (χ1n) is 6.49. The highest BCUT2D eigenvalue weighted by Crippen LogP contribution is 2.54. The maximum atomic E-state index is 11.8. The van der Waals surface area contributed by atoms with Crippen LogP contribution in [-0.2, 0) is 9.53 Å². The van der Waals surface area contributed by atoms with Crippen molar-refractivity contribution in [1.82, 2.24) is 10.6 Å². The minimum absolute atomic E-state index is 0.156. The van der Waals surface area contributed by atoms with Crippen LogP contribution in [0.5, 0.6) is 0 Å². The van der Waals surface area contributed by atoms with E-state index in [1.807, 2.05) is 27.7 Å². The van der Waals surface area contributed by atoms with Crippen LogP contribution in [0.25, 0.3) is 0 Å². The Balaban J connectivity index is 1.74. The van der Waals surface area contributed by atoms with Crippen molar-refractivity contribution in [3.8, 4) is 0 Å². The Morgan fingerprint density at radius 3 is 2.76 bits per heavy atom. The van der Waals surface area contributed by atoms with Crippen LogP contribution in [0.4, 0.5) is 0 Å². The number of carbonyl (C=O) groups is 1. The Morgan fingerprint density at radius 1 is 1.59 bits per heavy atom. The molecule has 0 aromatic rings. The normalized spacial score (nSPS) is 33.1. The van der Waals surface area contributed by atoms with E-state index in [2.05, 4.69) is 10.6 Å². The largest absolute Gasteiger partial charge is 0.459 e. The molecule has 0 amide bonds. The zero-order chi connectivity index (χ0) is 12.7. The van der Waals surface area contributed by atoms with Gasteiger partial charge >= 0.3 is 5.97 Å². The smallest absolute Gasteiger partial charge is 0.323 e. The molecule has 2 N–H and O–H groups in total. The number of ether oxygens (including phenoxy) is 1. The predicted molar refractivity (Wildman–Crippen MR) is 66.7 cm³/mol. The topological polar surface area (TPSA) is 50.4 Å². The highest BCUT2D eigenvalue weighted by molar-refractivity contribution is 5.75. The molecule has 1 aliphatic carbocycles. The Labute approximate surface area is 103 Å². The lowest BCUT2D eigenvalue weighted by Gasteiger charge is -2.23. The molecule has 0 aromatic carbocycles. The number of hydrogen-bond donors (Lipinski definition) is 2. The third kappa shape index (κ3) is 2.99. The van der Waals surface area contributed by atoms with Crippen LogP contribution >= 0.6 is 0 Å². The minimum Gasteiger partial charge on any atom is -0.459 e. The first-order chi connectivity index (χ1) is 7.82. The van der Waals surface area contributed by atoms with Crippen molar-refractivity contribution in [3.05, 3.63) is 0 Å². The van der Waals surface area contributed by atoms with E-state index in [0.717, 1.165) is 25.6 Å². The molecule has 3 atom stereocenters. The lowest BCUT2D eigenvalue weighted by Crippen LogP contribution is -2.42. The quantitative estimate of drug-likeness (QED) is 0.717. The fourth-order valence-electron chi connectivity index (χ4n) is 2.54. The first kappa shape index (κ1) is 12.8. The molecule has 0 spiro atoms. The second-order valence-electron chi connectivity index (χ2n) is 6.53. The van der Waals surface area contributed by atoms with Crippen molar-refractivity contribution in [2.24, 2.45) is 11.3 Å². The second-order valence-corrected chi connectivity index (χ2v) is 6.53. The monoisotopic (exact) mass is 240 g/mol. The summed E-state index contributed by atoms with van der Waals surface area (Å²) >= 11 is 0. The molecule has 0 aromatic heterocycles. The molecule has 2 aliphatic rings. The average Bonchev–Trinajstić information content (AvgIpc) is 2.75. The fourth-order valence-corrected chi connectivity index (χ4v) is 2.54. The van der Waals surface area contributed by atoms with E-state index in [9.17, 15) is 4.79 Å². The van der Waals surface area contributed by atoms with Crippen LogP contribution in [0.15, 0.2) is 0 Å². The molecule has 1 saturated heterocycles. The predicted octanol–water partition coefficient (Wildman–Crippen LogP) is 0.916. The summed E-state index contributed by atoms with van der Waals surface area (Å²) in [4.78, 5) is 11.8. The highest BCUT2D eigenvalue weighted by atomic mass is 16.6. The van der Waals surface area contributed by atoms with Gasteiger partial charge in [0.25, 0.3) is 0 Å². The molecule has 17 heavy (non-hydrogen) atoms. The molecule has 2 fully saturated rings. The van der Waals surface area contributed by atoms with Crippen molar-refractivity contribution in [2.45, 2.75) is 45.8 Å². The van der Waals surface area contributed by atoms with E-state index >= 15 is 0 Å². The molecule has 0 bridgehead atoms. The molecule has 1 heterocycles. The standard InChI is InChI=1S/C13H24N2O2/c1-9(11(16)17-12(2,3)4)15-8-13-5-10(13)6-14-7-13/h9-10,14-15H,5-8H2,1-4H3. The molecule has 3 unspecified atom stereocenters. The van der Waals surface area contributed by atoms with E-state index in [1.54, 1.807) is 0 Å². The summed E-state index contributed by atoms with van der Waals surface area (Å²) in [5.41, 5.74) is 0.0264. The van der Waals surface area contributed by atoms with Gasteiger partial charge in [0.05, 0.1) is 0 Å². The third-order valence-electron chi connectivity index (χ3n) is 3.75. The van der Waals surface area contributed by atoms with Crippen molar-refractivity contribution < 1.29 is 9.53 Å². The lowest BCUT2D eigenvalue weighted by atomic mass is 10.1. The number of fused-ring (bicyclic) bond motifs is 1. The summed E-state index contributed by atoms with van der Waals surface area (Å²) in [6, 6.07) is -0.217. The molecule has 1 aliphatic heterocycles. The number of esters is 1. The van der Waals surface area contributed by atoms with Crippen LogP contribution in [0.1, 0.15) is 34.1 Å². The van der Waals surface area contributed by atoms with E-state index in [0.29, 0.717) is 5.41 Å². The zero-order valence-corrected chi connectivity index (χ0v) is 11.3. The van der Waals surface area contributed by atoms with Crippen LogP contribution in [0, 0.1) is 11.3 Å². The maximum Gasteiger partial charge on any atom is 0.323 e. The molecule has 98 valence electrons. The molecular formula is C13H24N2O2. The van der Waals surface area contributed by atoms with Gasteiger partial charge in [-0.3, -0.25) is 4.79 Å². The summed E-state index contributed by atoms with van der Waals surface area (Å²) in [5.74, 6) is 0.665. The highest BCUT2D eigenvalue weighted by Gasteiger charge is 2.56. The van der Waals surface area contributed by atoms with Gasteiger partial charge in [0, 0.05) is 13.1 Å². The summed E-state index contributed by atoms with van der Waals surface area (Å²) in [6.07, 6.45) is 1.30. The molecular weight excluding hydrogens is 216 g/mol. The summed E-state index contributed by atoms with van der Waals surface area (Å²) in [7, 11) is 0. The van der Waals surface area contributed by atoms with Crippen LogP contribution in [0.3, 0.4) is 0 Å². The van der Waals surface area contributed by atoms with E-state index < -0.39 is 5.60 Å². The third-order valence-corrected chi connectivity index (χ3v) is 3.75. The first-order valence-corrected chi connectivity index (χ1v) is 6.49. The van der Waals surface area contributed by atoms with Crippen molar-refractivity contribution in [1.29, 1.82) is 0 Å². The van der Waals surface area contributed by atoms with E-state index in [-0.39, 0.29) is 12.0 Å². The summed E-state index contributed by atoms with van der Waals surface area (Å²) in [6.45, 7) is 10.7.